The lowest BCUT2D eigenvalue weighted by atomic mass is 9.99. The number of anilines is 2. The smallest absolute Gasteiger partial charge is 0.418 e. The summed E-state index contributed by atoms with van der Waals surface area (Å²) in [6, 6.07) is 4.49. The maximum Gasteiger partial charge on any atom is 0.418 e. The molecule has 7 nitrogen and oxygen atoms in total. The molecule has 1 aliphatic rings. The van der Waals surface area contributed by atoms with E-state index in [4.69, 9.17) is 22.1 Å². The van der Waals surface area contributed by atoms with Gasteiger partial charge < -0.3 is 15.4 Å². The first-order chi connectivity index (χ1) is 14.6. The van der Waals surface area contributed by atoms with Gasteiger partial charge >= 0.3 is 6.18 Å². The molecular formula is C20H14ClF3N6O. The highest BCUT2D eigenvalue weighted by atomic mass is 35.5. The van der Waals surface area contributed by atoms with Gasteiger partial charge in [0.2, 0.25) is 0 Å². The topological polar surface area (TPSA) is 101 Å². The van der Waals surface area contributed by atoms with Crippen molar-refractivity contribution < 1.29 is 17.9 Å². The average Bonchev–Trinajstić information content (AvgIpc) is 2.89. The number of benzene rings is 1. The summed E-state index contributed by atoms with van der Waals surface area (Å²) in [4.78, 5) is 13.9. The van der Waals surface area contributed by atoms with Crippen molar-refractivity contribution in [1.82, 2.24) is 15.0 Å². The minimum atomic E-state index is -4.69. The molecule has 0 saturated carbocycles. The predicted octanol–water partition coefficient (Wildman–Crippen LogP) is 4.49. The molecule has 0 bridgehead atoms. The Hall–Kier alpha value is -3.58. The average molecular weight is 447 g/mol. The van der Waals surface area contributed by atoms with E-state index >= 15 is 0 Å². The third-order valence-corrected chi connectivity index (χ3v) is 5.22. The van der Waals surface area contributed by atoms with E-state index in [2.05, 4.69) is 21.5 Å². The van der Waals surface area contributed by atoms with Gasteiger partial charge in [-0.15, -0.1) is 0 Å². The van der Waals surface area contributed by atoms with Crippen molar-refractivity contribution in [2.45, 2.75) is 13.1 Å². The summed E-state index contributed by atoms with van der Waals surface area (Å²) >= 11 is 6.55. The van der Waals surface area contributed by atoms with Crippen LogP contribution in [0.15, 0.2) is 30.7 Å². The molecule has 0 saturated heterocycles. The van der Waals surface area contributed by atoms with Gasteiger partial charge in [0.25, 0.3) is 0 Å². The first-order valence-electron chi connectivity index (χ1n) is 8.94. The van der Waals surface area contributed by atoms with Crippen molar-refractivity contribution in [1.29, 1.82) is 5.26 Å². The van der Waals surface area contributed by atoms with Gasteiger partial charge in [0, 0.05) is 5.56 Å². The zero-order chi connectivity index (χ0) is 22.5. The standard InChI is InChI=1S/C20H14ClF3N6O/c1-9-5-13(26)29-17(15(9)20(22,23)24)11-6-12-14-18(16(11)21)31-4-3-30(10(2)7-25)19(14)28-8-27-12/h5-6,8H,2-4H2,1H3,(H2,26,29). The number of allylic oxidation sites excluding steroid dienone is 1. The van der Waals surface area contributed by atoms with Crippen molar-refractivity contribution in [3.8, 4) is 23.1 Å². The predicted molar refractivity (Wildman–Crippen MR) is 110 cm³/mol. The summed E-state index contributed by atoms with van der Waals surface area (Å²) in [5, 5.41) is 9.53. The van der Waals surface area contributed by atoms with Gasteiger partial charge in [-0.1, -0.05) is 18.2 Å². The number of pyridine rings is 1. The second kappa shape index (κ2) is 7.28. The minimum absolute atomic E-state index is 0.0240. The van der Waals surface area contributed by atoms with Crippen molar-refractivity contribution >= 4 is 34.1 Å². The molecule has 158 valence electrons. The monoisotopic (exact) mass is 446 g/mol. The van der Waals surface area contributed by atoms with Gasteiger partial charge in [0.05, 0.1) is 33.7 Å². The van der Waals surface area contributed by atoms with Crippen molar-refractivity contribution in [2.75, 3.05) is 23.8 Å². The molecule has 0 unspecified atom stereocenters. The van der Waals surface area contributed by atoms with Gasteiger partial charge in [0.1, 0.15) is 36.3 Å². The van der Waals surface area contributed by atoms with E-state index in [1.54, 1.807) is 4.90 Å². The molecule has 0 amide bonds. The summed E-state index contributed by atoms with van der Waals surface area (Å²) in [7, 11) is 0. The van der Waals surface area contributed by atoms with Crippen LogP contribution in [0.3, 0.4) is 0 Å². The summed E-state index contributed by atoms with van der Waals surface area (Å²) < 4.78 is 47.3. The van der Waals surface area contributed by atoms with Crippen LogP contribution in [0, 0.1) is 18.3 Å². The van der Waals surface area contributed by atoms with Gasteiger partial charge in [-0.25, -0.2) is 15.0 Å². The molecule has 11 heteroatoms. The van der Waals surface area contributed by atoms with Crippen LogP contribution in [0.5, 0.6) is 5.75 Å². The maximum absolute atomic E-state index is 13.8. The molecule has 3 heterocycles. The van der Waals surface area contributed by atoms with E-state index in [1.165, 1.54) is 19.3 Å². The Morgan fingerprint density at radius 3 is 2.77 bits per heavy atom. The number of aryl methyl sites for hydroxylation is 1. The van der Waals surface area contributed by atoms with E-state index in [0.29, 0.717) is 11.2 Å². The Labute approximate surface area is 179 Å². The Balaban J connectivity index is 2.08. The van der Waals surface area contributed by atoms with Gasteiger partial charge in [0.15, 0.2) is 5.75 Å². The molecule has 0 atom stereocenters. The normalized spacial score (nSPS) is 13.5. The number of aromatic nitrogens is 3. The molecule has 4 rings (SSSR count). The third-order valence-electron chi connectivity index (χ3n) is 4.85. The number of rotatable bonds is 2. The lowest BCUT2D eigenvalue weighted by Crippen LogP contribution is -2.26. The Morgan fingerprint density at radius 1 is 1.35 bits per heavy atom. The fourth-order valence-corrected chi connectivity index (χ4v) is 3.87. The summed E-state index contributed by atoms with van der Waals surface area (Å²) in [6.45, 7) is 5.34. The first-order valence-corrected chi connectivity index (χ1v) is 9.32. The molecule has 0 spiro atoms. The van der Waals surface area contributed by atoms with Crippen molar-refractivity contribution in [3.63, 3.8) is 0 Å². The molecule has 0 aliphatic carbocycles. The highest BCUT2D eigenvalue weighted by molar-refractivity contribution is 6.36. The third kappa shape index (κ3) is 3.37. The fraction of sp³-hybridized carbons (Fsp3) is 0.200. The van der Waals surface area contributed by atoms with Crippen molar-refractivity contribution in [3.05, 3.63) is 46.9 Å². The summed E-state index contributed by atoms with van der Waals surface area (Å²) in [5.74, 6) is 0.349. The van der Waals surface area contributed by atoms with Crippen LogP contribution >= 0.6 is 11.6 Å². The van der Waals surface area contributed by atoms with Gasteiger partial charge in [-0.05, 0) is 24.6 Å². The number of ether oxygens (including phenoxy) is 1. The van der Waals surface area contributed by atoms with Gasteiger partial charge in [-0.2, -0.15) is 18.4 Å². The van der Waals surface area contributed by atoms with Crippen LogP contribution in [0.1, 0.15) is 11.1 Å². The fourth-order valence-electron chi connectivity index (χ4n) is 3.58. The quantitative estimate of drug-likeness (QED) is 0.578. The molecule has 31 heavy (non-hydrogen) atoms. The van der Waals surface area contributed by atoms with E-state index < -0.39 is 17.4 Å². The number of nitriles is 1. The van der Waals surface area contributed by atoms with Crippen LogP contribution in [0.4, 0.5) is 24.8 Å². The van der Waals surface area contributed by atoms with Crippen LogP contribution in [-0.4, -0.2) is 28.1 Å². The second-order valence-corrected chi connectivity index (χ2v) is 7.18. The minimum Gasteiger partial charge on any atom is -0.489 e. The number of hydrogen-bond donors (Lipinski definition) is 1. The van der Waals surface area contributed by atoms with Crippen LogP contribution in [0.25, 0.3) is 22.2 Å². The highest BCUT2D eigenvalue weighted by Gasteiger charge is 2.38. The first kappa shape index (κ1) is 20.7. The summed E-state index contributed by atoms with van der Waals surface area (Å²) in [5.41, 5.74) is 4.67. The van der Waals surface area contributed by atoms with E-state index in [-0.39, 0.29) is 52.1 Å². The van der Waals surface area contributed by atoms with Crippen molar-refractivity contribution in [2.24, 2.45) is 0 Å². The zero-order valence-corrected chi connectivity index (χ0v) is 16.8. The number of nitrogens with zero attached hydrogens (tertiary/aromatic N) is 5. The molecule has 1 aliphatic heterocycles. The van der Waals surface area contributed by atoms with Crippen LogP contribution in [-0.2, 0) is 6.18 Å². The zero-order valence-electron chi connectivity index (χ0n) is 16.1. The molecule has 1 aromatic carbocycles. The Bertz CT molecular complexity index is 1280. The number of halogens is 4. The van der Waals surface area contributed by atoms with Crippen LogP contribution in [0.2, 0.25) is 5.02 Å². The van der Waals surface area contributed by atoms with E-state index in [0.717, 1.165) is 6.07 Å². The number of alkyl halides is 3. The Kier molecular flexibility index (Phi) is 4.86. The lowest BCUT2D eigenvalue weighted by Gasteiger charge is -2.20. The highest BCUT2D eigenvalue weighted by Crippen LogP contribution is 2.48. The molecule has 0 radical (unpaired) electrons. The van der Waals surface area contributed by atoms with Gasteiger partial charge in [-0.3, -0.25) is 0 Å². The SMILES string of the molecule is C=C(C#N)N1CCOc2c(Cl)c(-c3nc(N)cc(C)c3C(F)(F)F)cc3ncnc1c23. The number of hydrogen-bond acceptors (Lipinski definition) is 7. The maximum atomic E-state index is 13.8. The summed E-state index contributed by atoms with van der Waals surface area (Å²) in [6.07, 6.45) is -3.45. The molecule has 2 N–H and O–H groups in total. The lowest BCUT2D eigenvalue weighted by molar-refractivity contribution is -0.137. The van der Waals surface area contributed by atoms with E-state index in [1.807, 2.05) is 6.07 Å². The molecule has 2 aromatic heterocycles. The Morgan fingerprint density at radius 2 is 2.10 bits per heavy atom. The van der Waals surface area contributed by atoms with Crippen LogP contribution < -0.4 is 15.4 Å². The second-order valence-electron chi connectivity index (χ2n) is 6.80. The number of nitrogens with two attached hydrogens (primary N) is 1. The molecular weight excluding hydrogens is 433 g/mol. The molecule has 0 fully saturated rings. The largest absolute Gasteiger partial charge is 0.489 e. The molecule has 3 aromatic rings. The van der Waals surface area contributed by atoms with E-state index in [9.17, 15) is 18.4 Å². The number of nitrogen functional groups attached to an aromatic ring is 1.